The summed E-state index contributed by atoms with van der Waals surface area (Å²) in [6.45, 7) is 3.52. The van der Waals surface area contributed by atoms with Crippen molar-refractivity contribution in [2.75, 3.05) is 13.7 Å². The van der Waals surface area contributed by atoms with Crippen LogP contribution in [-0.4, -0.2) is 28.5 Å². The molecule has 25 heavy (non-hydrogen) atoms. The molecule has 1 aromatic heterocycles. The third-order valence-electron chi connectivity index (χ3n) is 4.01. The van der Waals surface area contributed by atoms with Crippen LogP contribution in [0.15, 0.2) is 59.8 Å². The Hall–Kier alpha value is -2.11. The predicted molar refractivity (Wildman–Crippen MR) is 102 cm³/mol. The number of hydrogen-bond donors (Lipinski definition) is 0. The molecule has 0 aliphatic carbocycles. The maximum absolute atomic E-state index is 5.27. The number of hydrogen-bond acceptors (Lipinski definition) is 4. The maximum Gasteiger partial charge on any atom is 0.191 e. The number of thioether (sulfide) groups is 1. The number of rotatable bonds is 8. The highest BCUT2D eigenvalue weighted by Crippen LogP contribution is 2.23. The number of methoxy groups -OCH3 is 1. The molecule has 2 aromatic carbocycles. The molecule has 0 bridgehead atoms. The Morgan fingerprint density at radius 3 is 2.44 bits per heavy atom. The second kappa shape index (κ2) is 8.83. The number of nitrogens with zero attached hydrogens (tertiary/aromatic N) is 3. The Morgan fingerprint density at radius 2 is 1.72 bits per heavy atom. The van der Waals surface area contributed by atoms with Gasteiger partial charge in [-0.1, -0.05) is 71.9 Å². The molecule has 3 aromatic rings. The summed E-state index contributed by atoms with van der Waals surface area (Å²) in [5.74, 6) is 1.87. The summed E-state index contributed by atoms with van der Waals surface area (Å²) in [6.07, 6.45) is 0.780. The van der Waals surface area contributed by atoms with Gasteiger partial charge in [0.2, 0.25) is 0 Å². The van der Waals surface area contributed by atoms with Crippen LogP contribution in [-0.2, 0) is 23.5 Å². The highest BCUT2D eigenvalue weighted by Gasteiger charge is 2.13. The van der Waals surface area contributed by atoms with Crippen molar-refractivity contribution >= 4 is 11.8 Å². The molecule has 0 fully saturated rings. The number of benzene rings is 2. The molecule has 0 spiro atoms. The first kappa shape index (κ1) is 17.7. The van der Waals surface area contributed by atoms with E-state index < -0.39 is 0 Å². The van der Waals surface area contributed by atoms with E-state index in [0.717, 1.165) is 29.7 Å². The largest absolute Gasteiger partial charge is 0.383 e. The summed E-state index contributed by atoms with van der Waals surface area (Å²) in [4.78, 5) is 0. The van der Waals surface area contributed by atoms with Crippen molar-refractivity contribution in [1.82, 2.24) is 14.8 Å². The second-order valence-electron chi connectivity index (χ2n) is 5.98. The zero-order valence-corrected chi connectivity index (χ0v) is 15.5. The molecular formula is C20H23N3OS. The molecule has 0 amide bonds. The topological polar surface area (TPSA) is 39.9 Å². The molecule has 4 nitrogen and oxygen atoms in total. The summed E-state index contributed by atoms with van der Waals surface area (Å²) in [5.41, 5.74) is 3.81. The monoisotopic (exact) mass is 353 g/mol. The Bertz CT molecular complexity index is 784. The Labute approximate surface area is 153 Å². The average Bonchev–Trinajstić information content (AvgIpc) is 3.02. The van der Waals surface area contributed by atoms with Gasteiger partial charge in [-0.25, -0.2) is 0 Å². The standard InChI is InChI=1S/C20H23N3OS/c1-16-8-10-18(11-9-16)15-25-20-22-21-19(23(20)12-13-24-2)14-17-6-4-3-5-7-17/h3-11H,12-15H2,1-2H3. The zero-order valence-electron chi connectivity index (χ0n) is 14.7. The van der Waals surface area contributed by atoms with Gasteiger partial charge in [0.25, 0.3) is 0 Å². The molecule has 0 aliphatic heterocycles. The molecular weight excluding hydrogens is 330 g/mol. The van der Waals surface area contributed by atoms with E-state index in [0.29, 0.717) is 6.61 Å². The van der Waals surface area contributed by atoms with Gasteiger partial charge in [0.1, 0.15) is 5.82 Å². The summed E-state index contributed by atoms with van der Waals surface area (Å²) >= 11 is 1.72. The van der Waals surface area contributed by atoms with Crippen LogP contribution in [0.25, 0.3) is 0 Å². The van der Waals surface area contributed by atoms with Gasteiger partial charge < -0.3 is 9.30 Å². The normalized spacial score (nSPS) is 11.0. The fourth-order valence-corrected chi connectivity index (χ4v) is 3.51. The summed E-state index contributed by atoms with van der Waals surface area (Å²) in [5, 5.41) is 9.79. The minimum absolute atomic E-state index is 0.651. The van der Waals surface area contributed by atoms with E-state index >= 15 is 0 Å². The molecule has 0 saturated heterocycles. The van der Waals surface area contributed by atoms with Gasteiger partial charge in [0.05, 0.1) is 6.61 Å². The first-order valence-corrected chi connectivity index (χ1v) is 9.38. The van der Waals surface area contributed by atoms with Gasteiger partial charge in [-0.3, -0.25) is 0 Å². The minimum Gasteiger partial charge on any atom is -0.383 e. The van der Waals surface area contributed by atoms with Gasteiger partial charge in [-0.15, -0.1) is 10.2 Å². The van der Waals surface area contributed by atoms with Crippen molar-refractivity contribution in [2.24, 2.45) is 0 Å². The highest BCUT2D eigenvalue weighted by molar-refractivity contribution is 7.98. The maximum atomic E-state index is 5.27. The molecule has 0 aliphatic rings. The third kappa shape index (κ3) is 4.94. The molecule has 130 valence electrons. The van der Waals surface area contributed by atoms with Crippen LogP contribution in [0, 0.1) is 6.92 Å². The number of aryl methyl sites for hydroxylation is 1. The molecule has 5 heteroatoms. The second-order valence-corrected chi connectivity index (χ2v) is 6.92. The molecule has 0 unspecified atom stereocenters. The van der Waals surface area contributed by atoms with Gasteiger partial charge in [-0.2, -0.15) is 0 Å². The van der Waals surface area contributed by atoms with Crippen molar-refractivity contribution in [3.63, 3.8) is 0 Å². The Balaban J connectivity index is 1.74. The highest BCUT2D eigenvalue weighted by atomic mass is 32.2. The number of aromatic nitrogens is 3. The third-order valence-corrected chi connectivity index (χ3v) is 5.04. The molecule has 0 N–H and O–H groups in total. The molecule has 0 saturated carbocycles. The van der Waals surface area contributed by atoms with Crippen LogP contribution in [0.4, 0.5) is 0 Å². The number of ether oxygens (including phenoxy) is 1. The van der Waals surface area contributed by atoms with E-state index in [-0.39, 0.29) is 0 Å². The summed E-state index contributed by atoms with van der Waals surface area (Å²) in [6, 6.07) is 19.0. The average molecular weight is 353 g/mol. The molecule has 3 rings (SSSR count). The first-order valence-electron chi connectivity index (χ1n) is 8.39. The van der Waals surface area contributed by atoms with Crippen LogP contribution in [0.3, 0.4) is 0 Å². The smallest absolute Gasteiger partial charge is 0.191 e. The Kier molecular flexibility index (Phi) is 6.25. The van der Waals surface area contributed by atoms with E-state index in [1.54, 1.807) is 18.9 Å². The Morgan fingerprint density at radius 1 is 0.960 bits per heavy atom. The predicted octanol–water partition coefficient (Wildman–Crippen LogP) is 4.12. The van der Waals surface area contributed by atoms with Crippen LogP contribution < -0.4 is 0 Å². The van der Waals surface area contributed by atoms with Crippen LogP contribution in [0.5, 0.6) is 0 Å². The van der Waals surface area contributed by atoms with Crippen molar-refractivity contribution < 1.29 is 4.74 Å². The zero-order chi connectivity index (χ0) is 17.5. The van der Waals surface area contributed by atoms with E-state index in [1.165, 1.54) is 16.7 Å². The van der Waals surface area contributed by atoms with E-state index in [2.05, 4.69) is 70.2 Å². The lowest BCUT2D eigenvalue weighted by Gasteiger charge is -2.10. The van der Waals surface area contributed by atoms with Crippen molar-refractivity contribution in [1.29, 1.82) is 0 Å². The SMILES string of the molecule is COCCn1c(Cc2ccccc2)nnc1SCc1ccc(C)cc1. The molecule has 0 radical (unpaired) electrons. The van der Waals surface area contributed by atoms with Gasteiger partial charge >= 0.3 is 0 Å². The summed E-state index contributed by atoms with van der Waals surface area (Å²) in [7, 11) is 1.72. The minimum atomic E-state index is 0.651. The van der Waals surface area contributed by atoms with Gasteiger partial charge in [0, 0.05) is 25.8 Å². The van der Waals surface area contributed by atoms with Gasteiger partial charge in [-0.05, 0) is 18.1 Å². The lowest BCUT2D eigenvalue weighted by Crippen LogP contribution is -2.10. The van der Waals surface area contributed by atoms with E-state index in [4.69, 9.17) is 4.74 Å². The van der Waals surface area contributed by atoms with Crippen molar-refractivity contribution in [2.45, 2.75) is 30.8 Å². The lowest BCUT2D eigenvalue weighted by molar-refractivity contribution is 0.184. The van der Waals surface area contributed by atoms with Gasteiger partial charge in [0.15, 0.2) is 5.16 Å². The molecule has 0 atom stereocenters. The van der Waals surface area contributed by atoms with E-state index in [1.807, 2.05) is 6.07 Å². The van der Waals surface area contributed by atoms with Crippen LogP contribution in [0.2, 0.25) is 0 Å². The molecule has 1 heterocycles. The quantitative estimate of drug-likeness (QED) is 0.571. The first-order chi connectivity index (χ1) is 12.3. The van der Waals surface area contributed by atoms with Crippen molar-refractivity contribution in [3.05, 3.63) is 77.1 Å². The lowest BCUT2D eigenvalue weighted by atomic mass is 10.1. The van der Waals surface area contributed by atoms with Crippen molar-refractivity contribution in [3.8, 4) is 0 Å². The van der Waals surface area contributed by atoms with Crippen LogP contribution >= 0.6 is 11.8 Å². The van der Waals surface area contributed by atoms with Crippen LogP contribution in [0.1, 0.15) is 22.5 Å². The summed E-state index contributed by atoms with van der Waals surface area (Å²) < 4.78 is 7.44. The van der Waals surface area contributed by atoms with E-state index in [9.17, 15) is 0 Å². The fourth-order valence-electron chi connectivity index (χ4n) is 2.57. The fraction of sp³-hybridized carbons (Fsp3) is 0.300.